The van der Waals surface area contributed by atoms with E-state index in [1.807, 2.05) is 0 Å². The van der Waals surface area contributed by atoms with Crippen molar-refractivity contribution in [2.75, 3.05) is 26.2 Å². The molecule has 2 amide bonds. The SMILES string of the molecule is CC1CCC(C(=O)N2CCNC(=O)C2)CN1. The van der Waals surface area contributed by atoms with Crippen LogP contribution in [0.2, 0.25) is 0 Å². The monoisotopic (exact) mass is 225 g/mol. The first-order chi connectivity index (χ1) is 7.66. The maximum Gasteiger partial charge on any atom is 0.239 e. The quantitative estimate of drug-likeness (QED) is 0.622. The van der Waals surface area contributed by atoms with Crippen molar-refractivity contribution in [3.63, 3.8) is 0 Å². The number of piperazine rings is 1. The van der Waals surface area contributed by atoms with Crippen LogP contribution in [-0.2, 0) is 9.59 Å². The summed E-state index contributed by atoms with van der Waals surface area (Å²) in [7, 11) is 0. The van der Waals surface area contributed by atoms with Gasteiger partial charge in [0.1, 0.15) is 0 Å². The molecule has 2 atom stereocenters. The molecule has 2 saturated heterocycles. The predicted molar refractivity (Wildman–Crippen MR) is 59.8 cm³/mol. The van der Waals surface area contributed by atoms with Crippen LogP contribution in [0.15, 0.2) is 0 Å². The number of hydrogen-bond donors (Lipinski definition) is 2. The normalized spacial score (nSPS) is 31.1. The fraction of sp³-hybridized carbons (Fsp3) is 0.818. The maximum absolute atomic E-state index is 12.1. The molecule has 16 heavy (non-hydrogen) atoms. The number of piperidine rings is 1. The molecule has 5 heteroatoms. The smallest absolute Gasteiger partial charge is 0.239 e. The van der Waals surface area contributed by atoms with E-state index in [0.29, 0.717) is 19.1 Å². The number of carbonyl (C=O) groups excluding carboxylic acids is 2. The summed E-state index contributed by atoms with van der Waals surface area (Å²) in [5.74, 6) is 0.146. The number of hydrogen-bond acceptors (Lipinski definition) is 3. The maximum atomic E-state index is 12.1. The van der Waals surface area contributed by atoms with Gasteiger partial charge in [-0.05, 0) is 19.8 Å². The third kappa shape index (κ3) is 2.52. The minimum absolute atomic E-state index is 0.0447. The lowest BCUT2D eigenvalue weighted by atomic mass is 9.94. The number of rotatable bonds is 1. The van der Waals surface area contributed by atoms with E-state index in [0.717, 1.165) is 19.4 Å². The molecule has 2 unspecified atom stereocenters. The van der Waals surface area contributed by atoms with Gasteiger partial charge in [0.2, 0.25) is 11.8 Å². The molecule has 2 rings (SSSR count). The number of nitrogens with one attached hydrogen (secondary N) is 2. The third-order valence-electron chi connectivity index (χ3n) is 3.36. The molecule has 2 aliphatic rings. The Bertz CT molecular complexity index is 285. The number of amides is 2. The van der Waals surface area contributed by atoms with Crippen molar-refractivity contribution in [2.45, 2.75) is 25.8 Å². The van der Waals surface area contributed by atoms with Crippen LogP contribution in [0.1, 0.15) is 19.8 Å². The Balaban J connectivity index is 1.89. The van der Waals surface area contributed by atoms with Gasteiger partial charge >= 0.3 is 0 Å². The van der Waals surface area contributed by atoms with E-state index in [1.165, 1.54) is 0 Å². The fourth-order valence-electron chi connectivity index (χ4n) is 2.29. The van der Waals surface area contributed by atoms with Crippen molar-refractivity contribution in [3.05, 3.63) is 0 Å². The predicted octanol–water partition coefficient (Wildman–Crippen LogP) is -0.667. The summed E-state index contributed by atoms with van der Waals surface area (Å²) in [5.41, 5.74) is 0. The van der Waals surface area contributed by atoms with E-state index in [1.54, 1.807) is 4.90 Å². The Labute approximate surface area is 95.6 Å². The van der Waals surface area contributed by atoms with Crippen LogP contribution in [0, 0.1) is 5.92 Å². The Kier molecular flexibility index (Phi) is 3.43. The van der Waals surface area contributed by atoms with Gasteiger partial charge in [-0.25, -0.2) is 0 Å². The van der Waals surface area contributed by atoms with Gasteiger partial charge in [0.05, 0.1) is 12.5 Å². The van der Waals surface area contributed by atoms with Gasteiger partial charge < -0.3 is 15.5 Å². The summed E-state index contributed by atoms with van der Waals surface area (Å²) in [4.78, 5) is 25.0. The zero-order valence-corrected chi connectivity index (χ0v) is 9.66. The molecule has 0 bridgehead atoms. The molecule has 2 aliphatic heterocycles. The molecule has 0 aliphatic carbocycles. The topological polar surface area (TPSA) is 61.4 Å². The lowest BCUT2D eigenvalue weighted by molar-refractivity contribution is -0.142. The molecule has 2 N–H and O–H groups in total. The number of carbonyl (C=O) groups is 2. The molecule has 0 spiro atoms. The van der Waals surface area contributed by atoms with Crippen molar-refractivity contribution in [1.82, 2.24) is 15.5 Å². The Morgan fingerprint density at radius 2 is 2.25 bits per heavy atom. The van der Waals surface area contributed by atoms with Gasteiger partial charge in [-0.15, -0.1) is 0 Å². The molecule has 0 aromatic rings. The van der Waals surface area contributed by atoms with Crippen LogP contribution in [0.3, 0.4) is 0 Å². The summed E-state index contributed by atoms with van der Waals surface area (Å²) in [6, 6.07) is 0.508. The molecule has 2 heterocycles. The Morgan fingerprint density at radius 3 is 2.88 bits per heavy atom. The van der Waals surface area contributed by atoms with E-state index >= 15 is 0 Å². The van der Waals surface area contributed by atoms with Crippen molar-refractivity contribution in [1.29, 1.82) is 0 Å². The zero-order chi connectivity index (χ0) is 11.5. The molecular weight excluding hydrogens is 206 g/mol. The van der Waals surface area contributed by atoms with Crippen LogP contribution in [0.25, 0.3) is 0 Å². The Hall–Kier alpha value is -1.10. The highest BCUT2D eigenvalue weighted by Gasteiger charge is 2.30. The van der Waals surface area contributed by atoms with Gasteiger partial charge in [-0.1, -0.05) is 0 Å². The van der Waals surface area contributed by atoms with Crippen molar-refractivity contribution < 1.29 is 9.59 Å². The molecule has 0 aromatic carbocycles. The van der Waals surface area contributed by atoms with E-state index in [9.17, 15) is 9.59 Å². The van der Waals surface area contributed by atoms with Crippen molar-refractivity contribution in [2.24, 2.45) is 5.92 Å². The molecule has 0 aromatic heterocycles. The second-order valence-corrected chi connectivity index (χ2v) is 4.69. The van der Waals surface area contributed by atoms with Crippen LogP contribution in [0.5, 0.6) is 0 Å². The third-order valence-corrected chi connectivity index (χ3v) is 3.36. The second kappa shape index (κ2) is 4.82. The first-order valence-corrected chi connectivity index (χ1v) is 5.95. The molecular formula is C11H19N3O2. The summed E-state index contributed by atoms with van der Waals surface area (Å²) in [6.07, 6.45) is 1.97. The zero-order valence-electron chi connectivity index (χ0n) is 9.66. The lowest BCUT2D eigenvalue weighted by Crippen LogP contribution is -2.53. The summed E-state index contributed by atoms with van der Waals surface area (Å²) in [6.45, 7) is 4.34. The first-order valence-electron chi connectivity index (χ1n) is 5.95. The van der Waals surface area contributed by atoms with E-state index < -0.39 is 0 Å². The highest BCUT2D eigenvalue weighted by atomic mass is 16.2. The van der Waals surface area contributed by atoms with Crippen LogP contribution in [-0.4, -0.2) is 48.9 Å². The molecule has 0 radical (unpaired) electrons. The molecule has 90 valence electrons. The van der Waals surface area contributed by atoms with Gasteiger partial charge in [0.15, 0.2) is 0 Å². The van der Waals surface area contributed by atoms with E-state index in [4.69, 9.17) is 0 Å². The summed E-state index contributed by atoms with van der Waals surface area (Å²) >= 11 is 0. The van der Waals surface area contributed by atoms with Crippen LogP contribution in [0.4, 0.5) is 0 Å². The summed E-state index contributed by atoms with van der Waals surface area (Å²) in [5, 5.41) is 6.04. The van der Waals surface area contributed by atoms with Crippen LogP contribution >= 0.6 is 0 Å². The average Bonchev–Trinajstić information content (AvgIpc) is 2.29. The summed E-state index contributed by atoms with van der Waals surface area (Å²) < 4.78 is 0. The molecule has 0 saturated carbocycles. The van der Waals surface area contributed by atoms with E-state index in [-0.39, 0.29) is 24.3 Å². The van der Waals surface area contributed by atoms with Crippen LogP contribution < -0.4 is 10.6 Å². The number of nitrogens with zero attached hydrogens (tertiary/aromatic N) is 1. The van der Waals surface area contributed by atoms with Gasteiger partial charge in [0, 0.05) is 25.7 Å². The van der Waals surface area contributed by atoms with Crippen molar-refractivity contribution >= 4 is 11.8 Å². The van der Waals surface area contributed by atoms with Gasteiger partial charge in [-0.3, -0.25) is 9.59 Å². The first kappa shape index (κ1) is 11.4. The standard InChI is InChI=1S/C11H19N3O2/c1-8-2-3-9(6-13-8)11(16)14-5-4-12-10(15)7-14/h8-9,13H,2-7H2,1H3,(H,12,15). The molecule has 2 fully saturated rings. The minimum Gasteiger partial charge on any atom is -0.353 e. The highest BCUT2D eigenvalue weighted by Crippen LogP contribution is 2.17. The van der Waals surface area contributed by atoms with Crippen molar-refractivity contribution in [3.8, 4) is 0 Å². The second-order valence-electron chi connectivity index (χ2n) is 4.69. The van der Waals surface area contributed by atoms with E-state index in [2.05, 4.69) is 17.6 Å². The fourth-order valence-corrected chi connectivity index (χ4v) is 2.29. The Morgan fingerprint density at radius 1 is 1.44 bits per heavy atom. The molecule has 5 nitrogen and oxygen atoms in total. The minimum atomic E-state index is -0.0447. The van der Waals surface area contributed by atoms with Gasteiger partial charge in [0.25, 0.3) is 0 Å². The highest BCUT2D eigenvalue weighted by molar-refractivity contribution is 5.87. The largest absolute Gasteiger partial charge is 0.353 e. The average molecular weight is 225 g/mol. The lowest BCUT2D eigenvalue weighted by Gasteiger charge is -2.33. The van der Waals surface area contributed by atoms with Gasteiger partial charge in [-0.2, -0.15) is 0 Å².